The van der Waals surface area contributed by atoms with E-state index in [1.165, 1.54) is 4.88 Å². The molecule has 2 N–H and O–H groups in total. The van der Waals surface area contributed by atoms with Crippen molar-refractivity contribution >= 4 is 17.2 Å². The van der Waals surface area contributed by atoms with Crippen LogP contribution in [0, 0.1) is 11.3 Å². The predicted octanol–water partition coefficient (Wildman–Crippen LogP) is 0.996. The maximum absolute atomic E-state index is 11.3. The minimum absolute atomic E-state index is 0.0477. The zero-order chi connectivity index (χ0) is 12.7. The Morgan fingerprint density at radius 1 is 1.71 bits per heavy atom. The van der Waals surface area contributed by atoms with Crippen LogP contribution in [0.3, 0.4) is 0 Å². The van der Waals surface area contributed by atoms with Gasteiger partial charge in [-0.1, -0.05) is 6.92 Å². The molecule has 0 aliphatic rings. The summed E-state index contributed by atoms with van der Waals surface area (Å²) in [4.78, 5) is 16.8. The van der Waals surface area contributed by atoms with Gasteiger partial charge in [-0.25, -0.2) is 4.98 Å². The number of hydrogen-bond donors (Lipinski definition) is 2. The minimum Gasteiger partial charge on any atom is -0.342 e. The molecule has 0 aromatic carbocycles. The summed E-state index contributed by atoms with van der Waals surface area (Å²) in [5.74, 6) is -0.175. The van der Waals surface area contributed by atoms with Gasteiger partial charge in [0.25, 0.3) is 0 Å². The van der Waals surface area contributed by atoms with E-state index in [-0.39, 0.29) is 25.0 Å². The normalized spacial score (nSPS) is 11.8. The number of carbonyl (C=O) groups is 1. The first-order chi connectivity index (χ1) is 8.17. The summed E-state index contributed by atoms with van der Waals surface area (Å²) in [5.41, 5.74) is 0. The zero-order valence-electron chi connectivity index (χ0n) is 9.99. The van der Waals surface area contributed by atoms with E-state index >= 15 is 0 Å². The fourth-order valence-electron chi connectivity index (χ4n) is 1.22. The van der Waals surface area contributed by atoms with Crippen molar-refractivity contribution in [2.45, 2.75) is 26.3 Å². The second-order valence-electron chi connectivity index (χ2n) is 3.56. The van der Waals surface area contributed by atoms with E-state index in [1.54, 1.807) is 11.3 Å². The summed E-state index contributed by atoms with van der Waals surface area (Å²) < 4.78 is 0. The van der Waals surface area contributed by atoms with E-state index in [2.05, 4.69) is 22.5 Å². The van der Waals surface area contributed by atoms with Gasteiger partial charge in [0.1, 0.15) is 11.6 Å². The fraction of sp³-hybridized carbons (Fsp3) is 0.545. The van der Waals surface area contributed by atoms with Crippen molar-refractivity contribution in [1.29, 1.82) is 5.26 Å². The van der Waals surface area contributed by atoms with Crippen LogP contribution < -0.4 is 10.6 Å². The minimum atomic E-state index is -0.175. The summed E-state index contributed by atoms with van der Waals surface area (Å²) in [6.07, 6.45) is 2.85. The molecule has 1 aromatic heterocycles. The maximum Gasteiger partial charge on any atom is 0.234 e. The third-order valence-electron chi connectivity index (χ3n) is 2.22. The van der Waals surface area contributed by atoms with Crippen molar-refractivity contribution < 1.29 is 4.79 Å². The SMILES string of the molecule is CCc1cnc(C(C)NCC(=O)NCC#N)s1. The van der Waals surface area contributed by atoms with Gasteiger partial charge in [0.15, 0.2) is 0 Å². The molecule has 1 aromatic rings. The predicted molar refractivity (Wildman–Crippen MR) is 66.5 cm³/mol. The monoisotopic (exact) mass is 252 g/mol. The molecule has 0 fully saturated rings. The molecule has 0 saturated carbocycles. The summed E-state index contributed by atoms with van der Waals surface area (Å²) in [6.45, 7) is 4.30. The Kier molecular flexibility index (Phi) is 5.60. The van der Waals surface area contributed by atoms with Gasteiger partial charge < -0.3 is 5.32 Å². The van der Waals surface area contributed by atoms with Crippen LogP contribution in [0.1, 0.15) is 29.8 Å². The molecule has 1 atom stereocenters. The first kappa shape index (κ1) is 13.6. The number of nitrogens with one attached hydrogen (secondary N) is 2. The number of hydrogen-bond acceptors (Lipinski definition) is 5. The van der Waals surface area contributed by atoms with Crippen LogP contribution in [0.4, 0.5) is 0 Å². The highest BCUT2D eigenvalue weighted by atomic mass is 32.1. The Morgan fingerprint density at radius 3 is 3.06 bits per heavy atom. The van der Waals surface area contributed by atoms with E-state index in [9.17, 15) is 4.79 Å². The molecule has 1 unspecified atom stereocenters. The van der Waals surface area contributed by atoms with E-state index < -0.39 is 0 Å². The van der Waals surface area contributed by atoms with Gasteiger partial charge in [-0.05, 0) is 13.3 Å². The molecule has 1 heterocycles. The largest absolute Gasteiger partial charge is 0.342 e. The van der Waals surface area contributed by atoms with Crippen molar-refractivity contribution in [2.24, 2.45) is 0 Å². The van der Waals surface area contributed by atoms with Gasteiger partial charge in [0.2, 0.25) is 5.91 Å². The van der Waals surface area contributed by atoms with E-state index in [4.69, 9.17) is 5.26 Å². The topological polar surface area (TPSA) is 77.8 Å². The lowest BCUT2D eigenvalue weighted by molar-refractivity contribution is -0.120. The zero-order valence-corrected chi connectivity index (χ0v) is 10.8. The molecule has 17 heavy (non-hydrogen) atoms. The van der Waals surface area contributed by atoms with Crippen LogP contribution >= 0.6 is 11.3 Å². The van der Waals surface area contributed by atoms with Crippen molar-refractivity contribution in [2.75, 3.05) is 13.1 Å². The number of amides is 1. The molecule has 5 nitrogen and oxygen atoms in total. The molecule has 0 radical (unpaired) electrons. The average Bonchev–Trinajstić information content (AvgIpc) is 2.82. The van der Waals surface area contributed by atoms with Crippen molar-refractivity contribution in [3.8, 4) is 6.07 Å². The summed E-state index contributed by atoms with van der Waals surface area (Å²) in [6, 6.07) is 1.91. The smallest absolute Gasteiger partial charge is 0.234 e. The van der Waals surface area contributed by atoms with E-state index in [0.717, 1.165) is 11.4 Å². The summed E-state index contributed by atoms with van der Waals surface area (Å²) in [5, 5.41) is 14.8. The van der Waals surface area contributed by atoms with Crippen LogP contribution in [-0.2, 0) is 11.2 Å². The highest BCUT2D eigenvalue weighted by Gasteiger charge is 2.10. The van der Waals surface area contributed by atoms with Gasteiger partial charge in [0, 0.05) is 11.1 Å². The Bertz CT molecular complexity index is 410. The van der Waals surface area contributed by atoms with Crippen LogP contribution in [0.2, 0.25) is 0 Å². The second-order valence-corrected chi connectivity index (χ2v) is 4.70. The highest BCUT2D eigenvalue weighted by molar-refractivity contribution is 7.11. The molecular weight excluding hydrogens is 236 g/mol. The Labute approximate surface area is 105 Å². The molecule has 0 bridgehead atoms. The summed E-state index contributed by atoms with van der Waals surface area (Å²) in [7, 11) is 0. The lowest BCUT2D eigenvalue weighted by Crippen LogP contribution is -2.35. The first-order valence-corrected chi connectivity index (χ1v) is 6.30. The number of aryl methyl sites for hydroxylation is 1. The van der Waals surface area contributed by atoms with Crippen LogP contribution in [0.5, 0.6) is 0 Å². The molecule has 0 saturated heterocycles. The first-order valence-electron chi connectivity index (χ1n) is 5.49. The number of aromatic nitrogens is 1. The van der Waals surface area contributed by atoms with Gasteiger partial charge in [-0.2, -0.15) is 5.26 Å². The molecule has 0 aliphatic carbocycles. The van der Waals surface area contributed by atoms with Crippen LogP contribution in [-0.4, -0.2) is 24.0 Å². The Morgan fingerprint density at radius 2 is 2.47 bits per heavy atom. The standard InChI is InChI=1S/C11H16N4OS/c1-3-9-6-15-11(17-9)8(2)14-7-10(16)13-5-4-12/h6,8,14H,3,5,7H2,1-2H3,(H,13,16). The van der Waals surface area contributed by atoms with Crippen LogP contribution in [0.15, 0.2) is 6.20 Å². The Hall–Kier alpha value is -1.45. The van der Waals surface area contributed by atoms with Gasteiger partial charge in [-0.15, -0.1) is 11.3 Å². The van der Waals surface area contributed by atoms with Gasteiger partial charge >= 0.3 is 0 Å². The third-order valence-corrected chi connectivity index (χ3v) is 3.55. The maximum atomic E-state index is 11.3. The number of nitriles is 1. The summed E-state index contributed by atoms with van der Waals surface area (Å²) >= 11 is 1.65. The molecule has 92 valence electrons. The quantitative estimate of drug-likeness (QED) is 0.740. The average molecular weight is 252 g/mol. The highest BCUT2D eigenvalue weighted by Crippen LogP contribution is 2.19. The number of rotatable bonds is 6. The Balaban J connectivity index is 2.36. The lowest BCUT2D eigenvalue weighted by atomic mass is 10.3. The number of carbonyl (C=O) groups excluding carboxylic acids is 1. The number of nitrogens with zero attached hydrogens (tertiary/aromatic N) is 2. The van der Waals surface area contributed by atoms with E-state index in [1.807, 2.05) is 19.2 Å². The molecule has 1 rings (SSSR count). The van der Waals surface area contributed by atoms with Crippen molar-refractivity contribution in [1.82, 2.24) is 15.6 Å². The third kappa shape index (κ3) is 4.51. The van der Waals surface area contributed by atoms with Gasteiger partial charge in [0.05, 0.1) is 18.7 Å². The lowest BCUT2D eigenvalue weighted by Gasteiger charge is -2.10. The molecule has 0 spiro atoms. The van der Waals surface area contributed by atoms with E-state index in [0.29, 0.717) is 0 Å². The number of thiazole rings is 1. The molecular formula is C11H16N4OS. The second kappa shape index (κ2) is 6.99. The molecule has 6 heteroatoms. The molecule has 1 amide bonds. The van der Waals surface area contributed by atoms with Crippen LogP contribution in [0.25, 0.3) is 0 Å². The van der Waals surface area contributed by atoms with Crippen molar-refractivity contribution in [3.05, 3.63) is 16.1 Å². The van der Waals surface area contributed by atoms with Crippen molar-refractivity contribution in [3.63, 3.8) is 0 Å². The molecule has 0 aliphatic heterocycles. The van der Waals surface area contributed by atoms with Gasteiger partial charge in [-0.3, -0.25) is 10.1 Å². The fourth-order valence-corrected chi connectivity index (χ4v) is 2.10.